The second kappa shape index (κ2) is 7.19. The minimum Gasteiger partial charge on any atom is -0.496 e. The summed E-state index contributed by atoms with van der Waals surface area (Å²) in [5.41, 5.74) is 0.901. The molecule has 0 aromatic heterocycles. The summed E-state index contributed by atoms with van der Waals surface area (Å²) in [6.07, 6.45) is 1.87. The first-order chi connectivity index (χ1) is 11.2. The summed E-state index contributed by atoms with van der Waals surface area (Å²) in [4.78, 5) is 21.7. The quantitative estimate of drug-likeness (QED) is 0.795. The second-order valence-corrected chi connectivity index (χ2v) is 6.48. The zero-order valence-electron chi connectivity index (χ0n) is 13.5. The lowest BCUT2D eigenvalue weighted by Crippen LogP contribution is -2.47. The first-order valence-corrected chi connectivity index (χ1v) is 8.66. The highest BCUT2D eigenvalue weighted by Gasteiger charge is 2.28. The number of nitrogens with zero attached hydrogens (tertiary/aromatic N) is 3. The summed E-state index contributed by atoms with van der Waals surface area (Å²) >= 11 is 1.46. The highest BCUT2D eigenvalue weighted by Crippen LogP contribution is 2.32. The number of para-hydroxylation sites is 1. The molecule has 0 unspecified atom stereocenters. The third kappa shape index (κ3) is 3.59. The Morgan fingerprint density at radius 1 is 1.26 bits per heavy atom. The first kappa shape index (κ1) is 16.1. The summed E-state index contributed by atoms with van der Waals surface area (Å²) in [5.74, 6) is 0.604. The van der Waals surface area contributed by atoms with Crippen LogP contribution in [0.1, 0.15) is 12.5 Å². The SMILES string of the molecule is CCN1CCN(C2=NC(=O)C(=Cc3ccccc3OC)S2)CC1. The molecular formula is C17H21N3O2S. The van der Waals surface area contributed by atoms with E-state index in [1.807, 2.05) is 30.3 Å². The van der Waals surface area contributed by atoms with E-state index in [1.54, 1.807) is 7.11 Å². The van der Waals surface area contributed by atoms with Crippen molar-refractivity contribution in [3.63, 3.8) is 0 Å². The molecule has 1 aromatic carbocycles. The summed E-state index contributed by atoms with van der Waals surface area (Å²) in [5, 5.41) is 0.826. The summed E-state index contributed by atoms with van der Waals surface area (Å²) < 4.78 is 5.34. The van der Waals surface area contributed by atoms with Gasteiger partial charge in [-0.05, 0) is 30.4 Å². The number of piperazine rings is 1. The molecular weight excluding hydrogens is 310 g/mol. The number of carbonyl (C=O) groups excluding carboxylic acids is 1. The van der Waals surface area contributed by atoms with Crippen LogP contribution in [0.2, 0.25) is 0 Å². The average molecular weight is 331 g/mol. The zero-order chi connectivity index (χ0) is 16.2. The van der Waals surface area contributed by atoms with Gasteiger partial charge in [-0.2, -0.15) is 4.99 Å². The lowest BCUT2D eigenvalue weighted by atomic mass is 10.2. The van der Waals surface area contributed by atoms with Gasteiger partial charge in [0.15, 0.2) is 5.17 Å². The molecule has 1 aromatic rings. The summed E-state index contributed by atoms with van der Waals surface area (Å²) in [6.45, 7) is 7.15. The van der Waals surface area contributed by atoms with E-state index in [0.717, 1.165) is 49.2 Å². The van der Waals surface area contributed by atoms with Crippen LogP contribution in [0.4, 0.5) is 0 Å². The maximum absolute atomic E-state index is 12.2. The highest BCUT2D eigenvalue weighted by atomic mass is 32.2. The molecule has 1 saturated heterocycles. The van der Waals surface area contributed by atoms with Crippen LogP contribution < -0.4 is 4.74 Å². The van der Waals surface area contributed by atoms with Crippen molar-refractivity contribution in [3.05, 3.63) is 34.7 Å². The van der Waals surface area contributed by atoms with E-state index in [1.165, 1.54) is 11.8 Å². The zero-order valence-corrected chi connectivity index (χ0v) is 14.3. The number of hydrogen-bond acceptors (Lipinski definition) is 5. The van der Waals surface area contributed by atoms with Gasteiger partial charge < -0.3 is 14.5 Å². The highest BCUT2D eigenvalue weighted by molar-refractivity contribution is 8.18. The first-order valence-electron chi connectivity index (χ1n) is 7.84. The van der Waals surface area contributed by atoms with Crippen LogP contribution in [-0.4, -0.2) is 60.7 Å². The van der Waals surface area contributed by atoms with Crippen LogP contribution in [0, 0.1) is 0 Å². The van der Waals surface area contributed by atoms with Gasteiger partial charge >= 0.3 is 0 Å². The van der Waals surface area contributed by atoms with Crippen LogP contribution in [-0.2, 0) is 4.79 Å². The van der Waals surface area contributed by atoms with E-state index in [0.29, 0.717) is 4.91 Å². The summed E-state index contributed by atoms with van der Waals surface area (Å²) in [7, 11) is 1.64. The fourth-order valence-corrected chi connectivity index (χ4v) is 3.67. The van der Waals surface area contributed by atoms with Gasteiger partial charge in [-0.15, -0.1) is 0 Å². The monoisotopic (exact) mass is 331 g/mol. The smallest absolute Gasteiger partial charge is 0.286 e. The minimum atomic E-state index is -0.158. The van der Waals surface area contributed by atoms with E-state index in [-0.39, 0.29) is 5.91 Å². The van der Waals surface area contributed by atoms with Crippen molar-refractivity contribution >= 4 is 28.9 Å². The number of ether oxygens (including phenoxy) is 1. The van der Waals surface area contributed by atoms with Crippen LogP contribution in [0.3, 0.4) is 0 Å². The molecule has 1 fully saturated rings. The molecule has 122 valence electrons. The standard InChI is InChI=1S/C17H21N3O2S/c1-3-19-8-10-20(11-9-19)17-18-16(21)15(23-17)12-13-6-4-5-7-14(13)22-2/h4-7,12H,3,8-11H2,1-2H3. The number of likely N-dealkylation sites (N-methyl/N-ethyl adjacent to an activating group) is 1. The fraction of sp³-hybridized carbons (Fsp3) is 0.412. The number of hydrogen-bond donors (Lipinski definition) is 0. The van der Waals surface area contributed by atoms with Crippen LogP contribution in [0.25, 0.3) is 6.08 Å². The number of thioether (sulfide) groups is 1. The normalized spacial score (nSPS) is 21.0. The lowest BCUT2D eigenvalue weighted by Gasteiger charge is -2.34. The Labute approximate surface area is 141 Å². The molecule has 0 radical (unpaired) electrons. The van der Waals surface area contributed by atoms with E-state index >= 15 is 0 Å². The van der Waals surface area contributed by atoms with Crippen molar-refractivity contribution in [2.75, 3.05) is 39.8 Å². The van der Waals surface area contributed by atoms with Gasteiger partial charge in [0.1, 0.15) is 5.75 Å². The molecule has 3 rings (SSSR count). The van der Waals surface area contributed by atoms with Gasteiger partial charge in [0, 0.05) is 31.7 Å². The predicted molar refractivity (Wildman–Crippen MR) is 94.7 cm³/mol. The Morgan fingerprint density at radius 2 is 2.00 bits per heavy atom. The van der Waals surface area contributed by atoms with Crippen molar-refractivity contribution < 1.29 is 9.53 Å². The lowest BCUT2D eigenvalue weighted by molar-refractivity contribution is -0.113. The van der Waals surface area contributed by atoms with Gasteiger partial charge in [0.05, 0.1) is 12.0 Å². The molecule has 1 amide bonds. The van der Waals surface area contributed by atoms with Crippen molar-refractivity contribution in [2.24, 2.45) is 4.99 Å². The van der Waals surface area contributed by atoms with Crippen molar-refractivity contribution in [3.8, 4) is 5.75 Å². The Bertz CT molecular complexity index is 649. The third-order valence-corrected chi connectivity index (χ3v) is 5.17. The maximum Gasteiger partial charge on any atom is 0.286 e. The fourth-order valence-electron chi connectivity index (χ4n) is 2.72. The molecule has 0 saturated carbocycles. The van der Waals surface area contributed by atoms with Crippen molar-refractivity contribution in [1.29, 1.82) is 0 Å². The molecule has 0 N–H and O–H groups in total. The summed E-state index contributed by atoms with van der Waals surface area (Å²) in [6, 6.07) is 7.68. The predicted octanol–water partition coefficient (Wildman–Crippen LogP) is 2.30. The average Bonchev–Trinajstić information content (AvgIpc) is 2.96. The molecule has 0 aliphatic carbocycles. The number of benzene rings is 1. The van der Waals surface area contributed by atoms with E-state index in [2.05, 4.69) is 21.7 Å². The number of methoxy groups -OCH3 is 1. The molecule has 2 aliphatic heterocycles. The Kier molecular flexibility index (Phi) is 5.03. The number of aliphatic imine (C=N–C) groups is 1. The van der Waals surface area contributed by atoms with E-state index in [9.17, 15) is 4.79 Å². The number of rotatable bonds is 3. The molecule has 2 aliphatic rings. The largest absolute Gasteiger partial charge is 0.496 e. The molecule has 0 bridgehead atoms. The number of amides is 1. The Hall–Kier alpha value is -1.79. The minimum absolute atomic E-state index is 0.158. The van der Waals surface area contributed by atoms with Crippen LogP contribution in [0.5, 0.6) is 5.75 Å². The van der Waals surface area contributed by atoms with Gasteiger partial charge in [-0.1, -0.05) is 25.1 Å². The second-order valence-electron chi connectivity index (χ2n) is 5.47. The van der Waals surface area contributed by atoms with Crippen molar-refractivity contribution in [2.45, 2.75) is 6.92 Å². The molecule has 0 spiro atoms. The Morgan fingerprint density at radius 3 is 2.70 bits per heavy atom. The number of amidine groups is 1. The van der Waals surface area contributed by atoms with Gasteiger partial charge in [-0.25, -0.2) is 0 Å². The molecule has 0 atom stereocenters. The molecule has 5 nitrogen and oxygen atoms in total. The molecule has 6 heteroatoms. The van der Waals surface area contributed by atoms with Crippen LogP contribution in [0.15, 0.2) is 34.2 Å². The Balaban J connectivity index is 1.71. The maximum atomic E-state index is 12.2. The topological polar surface area (TPSA) is 45.1 Å². The molecule has 23 heavy (non-hydrogen) atoms. The van der Waals surface area contributed by atoms with E-state index in [4.69, 9.17) is 4.74 Å². The van der Waals surface area contributed by atoms with Gasteiger partial charge in [-0.3, -0.25) is 4.79 Å². The van der Waals surface area contributed by atoms with Gasteiger partial charge in [0.25, 0.3) is 5.91 Å². The third-order valence-electron chi connectivity index (χ3n) is 4.12. The van der Waals surface area contributed by atoms with Crippen molar-refractivity contribution in [1.82, 2.24) is 9.80 Å². The van der Waals surface area contributed by atoms with Crippen LogP contribution >= 0.6 is 11.8 Å². The van der Waals surface area contributed by atoms with E-state index < -0.39 is 0 Å². The van der Waals surface area contributed by atoms with Gasteiger partial charge in [0.2, 0.25) is 0 Å². The number of carbonyl (C=O) groups is 1. The molecule has 2 heterocycles.